The number of phenolic OH excluding ortho intramolecular Hbond substituents is 1. The first-order chi connectivity index (χ1) is 36.1. The Bertz CT molecular complexity index is 2850. The summed E-state index contributed by atoms with van der Waals surface area (Å²) in [6, 6.07) is 16.5. The molecule has 4 saturated heterocycles. The molecule has 75 heavy (non-hydrogen) atoms. The number of piperazine rings is 1. The number of phenols is 1. The maximum absolute atomic E-state index is 14.3. The number of aromatic hydroxyl groups is 1. The molecule has 2 aromatic carbocycles. The van der Waals surface area contributed by atoms with Gasteiger partial charge in [-0.05, 0) is 136 Å². The average Bonchev–Trinajstić information content (AvgIpc) is 4.10. The van der Waals surface area contributed by atoms with Gasteiger partial charge in [-0.1, -0.05) is 57.2 Å². The van der Waals surface area contributed by atoms with E-state index in [0.29, 0.717) is 35.6 Å². The van der Waals surface area contributed by atoms with E-state index in [-0.39, 0.29) is 59.9 Å². The number of hydrogen-bond acceptors (Lipinski definition) is 15. The number of amides is 3. The molecule has 4 aliphatic heterocycles. The van der Waals surface area contributed by atoms with Crippen LogP contribution in [0.15, 0.2) is 72.5 Å². The van der Waals surface area contributed by atoms with E-state index in [0.717, 1.165) is 124 Å². The first-order valence-corrected chi connectivity index (χ1v) is 28.0. The highest BCUT2D eigenvalue weighted by molar-refractivity contribution is 7.13. The molecule has 0 radical (unpaired) electrons. The second-order valence-electron chi connectivity index (χ2n) is 23.6. The fourth-order valence-corrected chi connectivity index (χ4v) is 14.2. The molecule has 5 aromatic rings. The van der Waals surface area contributed by atoms with Crippen LogP contribution in [-0.4, -0.2) is 132 Å². The smallest absolute Gasteiger partial charge is 0.246 e. The Morgan fingerprint density at radius 2 is 1.56 bits per heavy atom. The van der Waals surface area contributed by atoms with E-state index in [2.05, 4.69) is 52.9 Å². The molecule has 5 atom stereocenters. The summed E-state index contributed by atoms with van der Waals surface area (Å²) < 4.78 is 0. The molecule has 396 valence electrons. The third-order valence-corrected chi connectivity index (χ3v) is 18.6. The Labute approximate surface area is 443 Å². The van der Waals surface area contributed by atoms with Gasteiger partial charge in [0.25, 0.3) is 0 Å². The number of nitrogen functional groups attached to an aromatic ring is 1. The number of rotatable bonds is 12. The van der Waals surface area contributed by atoms with Crippen LogP contribution in [0.1, 0.15) is 114 Å². The highest BCUT2D eigenvalue weighted by Gasteiger charge is 2.51. The second kappa shape index (κ2) is 20.7. The standard InChI is InChI=1S/C57H72N12O5S/c1-34-49(75-33-62-34)37-11-9-35(10-12-37)27-59-53(73)47-23-43(70)32-68(47)54(74)50(56(2,3)4)63-52(72)38-25-57(26-38)19-15-40(16-20-57)66-21-17-36(18-22-66)39-28-60-55(61-29-39)69-41-13-14-42(69)31-67(30-41)46-24-45(64-65-51(46)58)44-7-5-6-8-48(44)71/h5-12,24,28-29,33,36,38,40-43,47,50,70-71H,13-23,25-27,30-32H2,1-4H3,(H2,58,65)(H,59,73)(H,63,72)/t38?,40?,41?,42?,43-,47+,50-,57?/m1/s1. The van der Waals surface area contributed by atoms with Crippen LogP contribution in [0, 0.1) is 23.7 Å². The van der Waals surface area contributed by atoms with Crippen molar-refractivity contribution in [3.05, 3.63) is 89.3 Å². The van der Waals surface area contributed by atoms with Crippen molar-refractivity contribution in [2.75, 3.05) is 48.3 Å². The van der Waals surface area contributed by atoms with Crippen molar-refractivity contribution in [2.24, 2.45) is 16.7 Å². The van der Waals surface area contributed by atoms with E-state index in [1.165, 1.54) is 10.5 Å². The number of anilines is 3. The molecule has 2 saturated carbocycles. The lowest BCUT2D eigenvalue weighted by Crippen LogP contribution is -2.59. The Balaban J connectivity index is 0.628. The van der Waals surface area contributed by atoms with E-state index in [1.807, 2.05) is 75.7 Å². The van der Waals surface area contributed by atoms with Crippen LogP contribution in [0.25, 0.3) is 21.7 Å². The largest absolute Gasteiger partial charge is 0.507 e. The highest BCUT2D eigenvalue weighted by atomic mass is 32.1. The molecule has 2 aliphatic carbocycles. The number of aromatic nitrogens is 5. The second-order valence-corrected chi connectivity index (χ2v) is 24.4. The predicted octanol–water partition coefficient (Wildman–Crippen LogP) is 6.84. The summed E-state index contributed by atoms with van der Waals surface area (Å²) in [5, 5.41) is 35.9. The number of likely N-dealkylation sites (tertiary alicyclic amines) is 2. The monoisotopic (exact) mass is 1040 g/mol. The number of hydrogen-bond donors (Lipinski definition) is 5. The van der Waals surface area contributed by atoms with Crippen molar-refractivity contribution in [1.82, 2.24) is 45.6 Å². The van der Waals surface area contributed by atoms with Crippen LogP contribution in [0.2, 0.25) is 0 Å². The van der Waals surface area contributed by atoms with Gasteiger partial charge in [-0.2, -0.15) is 0 Å². The number of nitrogens with zero attached hydrogens (tertiary/aromatic N) is 9. The number of fused-ring (bicyclic) bond motifs is 2. The molecule has 18 heteroatoms. The van der Waals surface area contributed by atoms with Gasteiger partial charge in [0.2, 0.25) is 23.7 Å². The van der Waals surface area contributed by atoms with E-state index in [9.17, 15) is 24.6 Å². The molecule has 3 amide bonds. The molecule has 2 bridgehead atoms. The van der Waals surface area contributed by atoms with Crippen molar-refractivity contribution in [3.63, 3.8) is 0 Å². The first-order valence-electron chi connectivity index (χ1n) is 27.2. The summed E-state index contributed by atoms with van der Waals surface area (Å²) in [6.07, 6.45) is 13.9. The van der Waals surface area contributed by atoms with Crippen LogP contribution in [0.3, 0.4) is 0 Å². The van der Waals surface area contributed by atoms with Crippen LogP contribution in [-0.2, 0) is 20.9 Å². The van der Waals surface area contributed by atoms with Crippen molar-refractivity contribution in [3.8, 4) is 27.4 Å². The minimum absolute atomic E-state index is 0.0468. The van der Waals surface area contributed by atoms with Gasteiger partial charge in [-0.15, -0.1) is 21.5 Å². The fourth-order valence-electron chi connectivity index (χ4n) is 13.4. The van der Waals surface area contributed by atoms with Crippen molar-refractivity contribution in [1.29, 1.82) is 0 Å². The van der Waals surface area contributed by atoms with Gasteiger partial charge in [-0.3, -0.25) is 14.4 Å². The SMILES string of the molecule is Cc1ncsc1-c1ccc(CNC(=O)[C@@H]2C[C@@H](O)CN2C(=O)[C@@H](NC(=O)C2CC3(CCC(N4CCC(c5cnc(N6C7CCC6CN(c6cc(-c8ccccc8O)nnc6N)C7)nc5)CC4)CC3)C2)C(C)(C)C)cc1. The molecule has 2 unspecified atom stereocenters. The zero-order chi connectivity index (χ0) is 52.2. The maximum Gasteiger partial charge on any atom is 0.246 e. The fraction of sp³-hybridized carbons (Fsp3) is 0.544. The molecule has 11 rings (SSSR count). The predicted molar refractivity (Wildman–Crippen MR) is 290 cm³/mol. The molecule has 6 aliphatic rings. The van der Waals surface area contributed by atoms with Crippen molar-refractivity contribution < 1.29 is 24.6 Å². The lowest BCUT2D eigenvalue weighted by Gasteiger charge is -2.53. The normalized spacial score (nSPS) is 26.5. The maximum atomic E-state index is 14.3. The topological polar surface area (TPSA) is 219 Å². The third kappa shape index (κ3) is 10.4. The number of aliphatic hydroxyl groups is 1. The van der Waals surface area contributed by atoms with Gasteiger partial charge >= 0.3 is 0 Å². The lowest BCUT2D eigenvalue weighted by molar-refractivity contribution is -0.146. The van der Waals surface area contributed by atoms with Gasteiger partial charge in [0.15, 0.2) is 5.82 Å². The number of carbonyl (C=O) groups is 3. The number of aryl methyl sites for hydroxylation is 1. The van der Waals surface area contributed by atoms with Crippen LogP contribution >= 0.6 is 11.3 Å². The number of nitrogens with one attached hydrogen (secondary N) is 2. The zero-order valence-electron chi connectivity index (χ0n) is 43.7. The molecular formula is C57H72N12O5S. The Hall–Kier alpha value is -6.24. The highest BCUT2D eigenvalue weighted by Crippen LogP contribution is 2.56. The quantitative estimate of drug-likeness (QED) is 0.0865. The molecule has 7 heterocycles. The Morgan fingerprint density at radius 1 is 0.867 bits per heavy atom. The van der Waals surface area contributed by atoms with Gasteiger partial charge in [0.05, 0.1) is 33.6 Å². The van der Waals surface area contributed by atoms with E-state index < -0.39 is 23.6 Å². The summed E-state index contributed by atoms with van der Waals surface area (Å²) >= 11 is 1.59. The molecule has 1 spiro atoms. The minimum atomic E-state index is -0.838. The number of para-hydroxylation sites is 1. The van der Waals surface area contributed by atoms with E-state index in [1.54, 1.807) is 23.5 Å². The molecule has 6 N–H and O–H groups in total. The zero-order valence-corrected chi connectivity index (χ0v) is 44.5. The summed E-state index contributed by atoms with van der Waals surface area (Å²) in [7, 11) is 0. The van der Waals surface area contributed by atoms with Gasteiger partial charge < -0.3 is 46.2 Å². The van der Waals surface area contributed by atoms with Gasteiger partial charge in [0, 0.05) is 74.6 Å². The summed E-state index contributed by atoms with van der Waals surface area (Å²) in [6.45, 7) is 11.8. The number of piperidine rings is 1. The summed E-state index contributed by atoms with van der Waals surface area (Å²) in [4.78, 5) is 66.2. The van der Waals surface area contributed by atoms with Crippen LogP contribution in [0.4, 0.5) is 17.5 Å². The third-order valence-electron chi connectivity index (χ3n) is 17.6. The van der Waals surface area contributed by atoms with Crippen molar-refractivity contribution >= 4 is 46.5 Å². The summed E-state index contributed by atoms with van der Waals surface area (Å²) in [5.41, 5.74) is 14.0. The molecule has 17 nitrogen and oxygen atoms in total. The number of β-amino-alcohol motifs (C(OH)–C–C–N with tert-alkyl or cyclic N) is 1. The number of carbonyl (C=O) groups excluding carboxylic acids is 3. The van der Waals surface area contributed by atoms with Crippen LogP contribution < -0.4 is 26.2 Å². The Morgan fingerprint density at radius 3 is 2.21 bits per heavy atom. The van der Waals surface area contributed by atoms with E-state index >= 15 is 0 Å². The summed E-state index contributed by atoms with van der Waals surface area (Å²) in [5.74, 6) is 0.894. The molecule has 3 aromatic heterocycles. The number of benzene rings is 2. The molecule has 6 fully saturated rings. The minimum Gasteiger partial charge on any atom is -0.507 e. The van der Waals surface area contributed by atoms with E-state index in [4.69, 9.17) is 15.7 Å². The lowest BCUT2D eigenvalue weighted by atomic mass is 9.55. The van der Waals surface area contributed by atoms with Gasteiger partial charge in [-0.25, -0.2) is 15.0 Å². The number of nitrogens with two attached hydrogens (primary N) is 1. The molecular weight excluding hydrogens is 965 g/mol. The number of thiazole rings is 1. The first kappa shape index (κ1) is 50.9. The van der Waals surface area contributed by atoms with Gasteiger partial charge in [0.1, 0.15) is 17.8 Å². The van der Waals surface area contributed by atoms with Crippen LogP contribution in [0.5, 0.6) is 5.75 Å². The van der Waals surface area contributed by atoms with Crippen molar-refractivity contribution in [2.45, 2.75) is 147 Å². The number of aliphatic hydroxyl groups excluding tert-OH is 1. The Kier molecular flexibility index (Phi) is 14.1. The average molecular weight is 1040 g/mol.